The normalized spacial score (nSPS) is 9.84. The zero-order valence-corrected chi connectivity index (χ0v) is 13.2. The third-order valence-corrected chi connectivity index (χ3v) is 3.10. The minimum Gasteiger partial charge on any atom is -0.493 e. The maximum absolute atomic E-state index is 12.8. The molecule has 0 atom stereocenters. The Balaban J connectivity index is 1.85. The zero-order chi connectivity index (χ0) is 18.2. The van der Waals surface area contributed by atoms with Gasteiger partial charge < -0.3 is 9.47 Å². The van der Waals surface area contributed by atoms with Gasteiger partial charge in [-0.25, -0.2) is 4.39 Å². The summed E-state index contributed by atoms with van der Waals surface area (Å²) in [4.78, 5) is 34.2. The first-order valence-electron chi connectivity index (χ1n) is 7.14. The summed E-state index contributed by atoms with van der Waals surface area (Å²) < 4.78 is 23.1. The summed E-state index contributed by atoms with van der Waals surface area (Å²) >= 11 is 0. The maximum Gasteiger partial charge on any atom is 0.276 e. The smallest absolute Gasteiger partial charge is 0.276 e. The van der Waals surface area contributed by atoms with E-state index in [2.05, 4.69) is 10.9 Å². The standard InChI is InChI=1S/C17H15FN2O5/c1-24-15-8-11(9-21)2-7-14(15)25-10-16(22)19-20-17(23)12-3-5-13(18)6-4-12/h2-9H,10H2,1H3,(H,19,22)(H,20,23). The lowest BCUT2D eigenvalue weighted by Crippen LogP contribution is -2.43. The van der Waals surface area contributed by atoms with Gasteiger partial charge in [0.1, 0.15) is 12.1 Å². The van der Waals surface area contributed by atoms with Crippen LogP contribution in [0.4, 0.5) is 4.39 Å². The number of carbonyl (C=O) groups excluding carboxylic acids is 3. The van der Waals surface area contributed by atoms with Gasteiger partial charge >= 0.3 is 0 Å². The summed E-state index contributed by atoms with van der Waals surface area (Å²) in [5, 5.41) is 0. The first-order chi connectivity index (χ1) is 12.0. The van der Waals surface area contributed by atoms with Crippen LogP contribution in [-0.4, -0.2) is 31.8 Å². The monoisotopic (exact) mass is 346 g/mol. The van der Waals surface area contributed by atoms with Crippen LogP contribution >= 0.6 is 0 Å². The molecule has 0 unspecified atom stereocenters. The molecule has 0 saturated heterocycles. The van der Waals surface area contributed by atoms with Crippen molar-refractivity contribution in [2.45, 2.75) is 0 Å². The van der Waals surface area contributed by atoms with Crippen LogP contribution in [0.5, 0.6) is 11.5 Å². The molecule has 0 aliphatic heterocycles. The van der Waals surface area contributed by atoms with E-state index in [9.17, 15) is 18.8 Å². The van der Waals surface area contributed by atoms with Crippen LogP contribution in [0.25, 0.3) is 0 Å². The number of hydrogen-bond acceptors (Lipinski definition) is 5. The Hall–Kier alpha value is -3.42. The van der Waals surface area contributed by atoms with Gasteiger partial charge in [-0.1, -0.05) is 0 Å². The molecular formula is C17H15FN2O5. The fraction of sp³-hybridized carbons (Fsp3) is 0.118. The Morgan fingerprint density at radius 1 is 1.08 bits per heavy atom. The van der Waals surface area contributed by atoms with E-state index in [-0.39, 0.29) is 17.9 Å². The quantitative estimate of drug-likeness (QED) is 0.610. The second-order valence-corrected chi connectivity index (χ2v) is 4.83. The molecule has 0 fully saturated rings. The number of ether oxygens (including phenoxy) is 2. The molecule has 25 heavy (non-hydrogen) atoms. The molecular weight excluding hydrogens is 331 g/mol. The van der Waals surface area contributed by atoms with Crippen molar-refractivity contribution < 1.29 is 28.2 Å². The number of amides is 2. The Kier molecular flexibility index (Phi) is 6.05. The van der Waals surface area contributed by atoms with Gasteiger partial charge in [0, 0.05) is 11.1 Å². The van der Waals surface area contributed by atoms with Gasteiger partial charge in [0.25, 0.3) is 11.8 Å². The Bertz CT molecular complexity index is 777. The van der Waals surface area contributed by atoms with Gasteiger partial charge in [0.05, 0.1) is 7.11 Å². The lowest BCUT2D eigenvalue weighted by molar-refractivity contribution is -0.123. The van der Waals surface area contributed by atoms with Gasteiger partial charge in [-0.3, -0.25) is 25.2 Å². The average molecular weight is 346 g/mol. The highest BCUT2D eigenvalue weighted by molar-refractivity contribution is 5.95. The van der Waals surface area contributed by atoms with E-state index in [0.717, 1.165) is 12.1 Å². The Labute approximate surface area is 142 Å². The minimum absolute atomic E-state index is 0.189. The molecule has 0 aromatic heterocycles. The fourth-order valence-corrected chi connectivity index (χ4v) is 1.86. The van der Waals surface area contributed by atoms with Crippen LogP contribution in [0.1, 0.15) is 20.7 Å². The van der Waals surface area contributed by atoms with Crippen LogP contribution in [0.15, 0.2) is 42.5 Å². The van der Waals surface area contributed by atoms with Crippen molar-refractivity contribution in [2.75, 3.05) is 13.7 Å². The van der Waals surface area contributed by atoms with Crippen LogP contribution in [0.2, 0.25) is 0 Å². The van der Waals surface area contributed by atoms with Crippen molar-refractivity contribution in [1.82, 2.24) is 10.9 Å². The number of halogens is 1. The lowest BCUT2D eigenvalue weighted by atomic mass is 10.2. The molecule has 2 N–H and O–H groups in total. The highest BCUT2D eigenvalue weighted by Gasteiger charge is 2.10. The summed E-state index contributed by atoms with van der Waals surface area (Å²) in [6.45, 7) is -0.388. The number of methoxy groups -OCH3 is 1. The maximum atomic E-state index is 12.8. The number of hydrazine groups is 1. The topological polar surface area (TPSA) is 93.7 Å². The molecule has 2 rings (SSSR count). The van der Waals surface area contributed by atoms with Crippen LogP contribution < -0.4 is 20.3 Å². The average Bonchev–Trinajstić information content (AvgIpc) is 2.64. The van der Waals surface area contributed by atoms with E-state index in [0.29, 0.717) is 17.6 Å². The van der Waals surface area contributed by atoms with Gasteiger partial charge in [-0.05, 0) is 42.5 Å². The highest BCUT2D eigenvalue weighted by Crippen LogP contribution is 2.27. The summed E-state index contributed by atoms with van der Waals surface area (Å²) in [7, 11) is 1.40. The van der Waals surface area contributed by atoms with Crippen LogP contribution in [0.3, 0.4) is 0 Å². The van der Waals surface area contributed by atoms with E-state index < -0.39 is 17.6 Å². The number of aldehydes is 1. The SMILES string of the molecule is COc1cc(C=O)ccc1OCC(=O)NNC(=O)c1ccc(F)cc1. The number of carbonyl (C=O) groups is 3. The van der Waals surface area contributed by atoms with Crippen molar-refractivity contribution >= 4 is 18.1 Å². The highest BCUT2D eigenvalue weighted by atomic mass is 19.1. The molecule has 2 aromatic carbocycles. The zero-order valence-electron chi connectivity index (χ0n) is 13.2. The summed E-state index contributed by atoms with van der Waals surface area (Å²) in [6, 6.07) is 9.31. The second-order valence-electron chi connectivity index (χ2n) is 4.83. The largest absolute Gasteiger partial charge is 0.493 e. The second kappa shape index (κ2) is 8.44. The molecule has 8 heteroatoms. The predicted octanol–water partition coefficient (Wildman–Crippen LogP) is 1.49. The molecule has 130 valence electrons. The molecule has 0 saturated carbocycles. The van der Waals surface area contributed by atoms with E-state index in [1.165, 1.54) is 37.4 Å². The van der Waals surface area contributed by atoms with Crippen molar-refractivity contribution in [1.29, 1.82) is 0 Å². The van der Waals surface area contributed by atoms with Crippen molar-refractivity contribution in [3.05, 3.63) is 59.4 Å². The first kappa shape index (κ1) is 17.9. The predicted molar refractivity (Wildman–Crippen MR) is 85.9 cm³/mol. The van der Waals surface area contributed by atoms with E-state index in [4.69, 9.17) is 9.47 Å². The van der Waals surface area contributed by atoms with Gasteiger partial charge in [0.15, 0.2) is 18.1 Å². The molecule has 2 aromatic rings. The summed E-state index contributed by atoms with van der Waals surface area (Å²) in [6.07, 6.45) is 0.657. The van der Waals surface area contributed by atoms with E-state index >= 15 is 0 Å². The lowest BCUT2D eigenvalue weighted by Gasteiger charge is -2.11. The Morgan fingerprint density at radius 3 is 2.44 bits per heavy atom. The molecule has 0 spiro atoms. The molecule has 2 amide bonds. The third kappa shape index (κ3) is 5.03. The molecule has 0 bridgehead atoms. The third-order valence-electron chi connectivity index (χ3n) is 3.10. The minimum atomic E-state index is -0.614. The van der Waals surface area contributed by atoms with Crippen LogP contribution in [-0.2, 0) is 4.79 Å². The molecule has 0 aliphatic rings. The van der Waals surface area contributed by atoms with E-state index in [1.54, 1.807) is 0 Å². The summed E-state index contributed by atoms with van der Waals surface area (Å²) in [5.74, 6) is -1.11. The van der Waals surface area contributed by atoms with Gasteiger partial charge in [-0.2, -0.15) is 0 Å². The van der Waals surface area contributed by atoms with Crippen molar-refractivity contribution in [3.63, 3.8) is 0 Å². The molecule has 0 radical (unpaired) electrons. The fourth-order valence-electron chi connectivity index (χ4n) is 1.86. The van der Waals surface area contributed by atoms with Crippen LogP contribution in [0, 0.1) is 5.82 Å². The number of nitrogens with one attached hydrogen (secondary N) is 2. The molecule has 7 nitrogen and oxygen atoms in total. The molecule has 0 heterocycles. The first-order valence-corrected chi connectivity index (χ1v) is 7.14. The van der Waals surface area contributed by atoms with Crippen molar-refractivity contribution in [2.24, 2.45) is 0 Å². The van der Waals surface area contributed by atoms with E-state index in [1.807, 2.05) is 0 Å². The molecule has 0 aliphatic carbocycles. The van der Waals surface area contributed by atoms with Gasteiger partial charge in [0.2, 0.25) is 0 Å². The number of benzene rings is 2. The van der Waals surface area contributed by atoms with Gasteiger partial charge in [-0.15, -0.1) is 0 Å². The Morgan fingerprint density at radius 2 is 1.80 bits per heavy atom. The number of rotatable bonds is 6. The summed E-state index contributed by atoms with van der Waals surface area (Å²) in [5.41, 5.74) is 4.95. The number of hydrogen-bond donors (Lipinski definition) is 2. The van der Waals surface area contributed by atoms with Crippen molar-refractivity contribution in [3.8, 4) is 11.5 Å².